The van der Waals surface area contributed by atoms with E-state index in [1.807, 2.05) is 74.6 Å². The molecule has 5 nitrogen and oxygen atoms in total. The third kappa shape index (κ3) is 9.54. The number of anilines is 1. The molecule has 0 radical (unpaired) electrons. The third-order valence-electron chi connectivity index (χ3n) is 9.95. The van der Waals surface area contributed by atoms with Crippen LogP contribution in [0.15, 0.2) is 207 Å². The fraction of sp³-hybridized carbons (Fsp3) is 0.130. The molecule has 0 bridgehead atoms. The molecular weight excluding hydrogens is 719 g/mol. The highest BCUT2D eigenvalue weighted by molar-refractivity contribution is 6.13. The maximum absolute atomic E-state index is 4.98. The summed E-state index contributed by atoms with van der Waals surface area (Å²) in [6, 6.07) is 33.7. The summed E-state index contributed by atoms with van der Waals surface area (Å²) < 4.78 is 2.34. The first-order chi connectivity index (χ1) is 29.0. The normalized spacial score (nSPS) is 16.4. The maximum atomic E-state index is 4.98. The van der Waals surface area contributed by atoms with Crippen molar-refractivity contribution in [2.45, 2.75) is 47.0 Å². The van der Waals surface area contributed by atoms with Gasteiger partial charge < -0.3 is 9.47 Å². The van der Waals surface area contributed by atoms with Crippen LogP contribution in [-0.4, -0.2) is 19.5 Å². The molecule has 5 heteroatoms. The van der Waals surface area contributed by atoms with E-state index in [-0.39, 0.29) is 0 Å². The summed E-state index contributed by atoms with van der Waals surface area (Å²) in [5.41, 5.74) is 10.7. The minimum atomic E-state index is 0.567. The Morgan fingerprint density at radius 2 is 1.46 bits per heavy atom. The molecule has 0 amide bonds. The Morgan fingerprint density at radius 3 is 2.24 bits per heavy atom. The summed E-state index contributed by atoms with van der Waals surface area (Å²) in [6.45, 7) is 20.3. The fourth-order valence-corrected chi connectivity index (χ4v) is 7.33. The van der Waals surface area contributed by atoms with Crippen molar-refractivity contribution in [2.24, 2.45) is 0 Å². The lowest BCUT2D eigenvalue weighted by Gasteiger charge is -2.29. The van der Waals surface area contributed by atoms with Crippen LogP contribution < -0.4 is 4.90 Å². The SMILES string of the molecule is C=C/C=C\C=C(/C)n1c2ccccc2c2c(/C=C\C3=C(/C=C)N(c4cccc(-c5nc(C/C=C\C=C)nc(-c6ccccc6)n5)c4)/C(C)=C/C=C\CC3)cccc21.CC. The third-order valence-corrected chi connectivity index (χ3v) is 9.95. The molecule has 1 aliphatic heterocycles. The Bertz CT molecular complexity index is 2680. The molecule has 4 aromatic carbocycles. The summed E-state index contributed by atoms with van der Waals surface area (Å²) in [5.74, 6) is 1.96. The number of rotatable bonds is 12. The van der Waals surface area contributed by atoms with E-state index in [1.165, 1.54) is 27.4 Å². The number of benzene rings is 4. The summed E-state index contributed by atoms with van der Waals surface area (Å²) in [7, 11) is 0. The number of aromatic nitrogens is 4. The lowest BCUT2D eigenvalue weighted by molar-refractivity contribution is 0.947. The minimum Gasteiger partial charge on any atom is -0.314 e. The van der Waals surface area contributed by atoms with E-state index < -0.39 is 0 Å². The van der Waals surface area contributed by atoms with Gasteiger partial charge in [0.15, 0.2) is 11.6 Å². The Hall–Kier alpha value is -7.11. The second kappa shape index (κ2) is 20.4. The molecule has 2 aromatic heterocycles. The fourth-order valence-electron chi connectivity index (χ4n) is 7.33. The first-order valence-corrected chi connectivity index (χ1v) is 20.3. The molecule has 59 heavy (non-hydrogen) atoms. The molecule has 294 valence electrons. The lowest BCUT2D eigenvalue weighted by atomic mass is 10.0. The molecule has 0 aliphatic carbocycles. The van der Waals surface area contributed by atoms with Crippen molar-refractivity contribution in [1.82, 2.24) is 19.5 Å². The predicted octanol–water partition coefficient (Wildman–Crippen LogP) is 14.4. The van der Waals surface area contributed by atoms with Crippen LogP contribution in [0.3, 0.4) is 0 Å². The second-order valence-electron chi connectivity index (χ2n) is 13.8. The Morgan fingerprint density at radius 1 is 0.746 bits per heavy atom. The first kappa shape index (κ1) is 41.5. The van der Waals surface area contributed by atoms with Crippen molar-refractivity contribution >= 4 is 39.3 Å². The molecule has 0 unspecified atom stereocenters. The van der Waals surface area contributed by atoms with Crippen LogP contribution >= 0.6 is 0 Å². The predicted molar refractivity (Wildman–Crippen MR) is 255 cm³/mol. The molecule has 0 spiro atoms. The highest BCUT2D eigenvalue weighted by Gasteiger charge is 2.19. The number of nitrogens with zero attached hydrogens (tertiary/aromatic N) is 5. The van der Waals surface area contributed by atoms with Gasteiger partial charge in [-0.15, -0.1) is 0 Å². The highest BCUT2D eigenvalue weighted by Crippen LogP contribution is 2.36. The number of fused-ring (bicyclic) bond motifs is 3. The van der Waals surface area contributed by atoms with E-state index in [9.17, 15) is 0 Å². The zero-order chi connectivity index (χ0) is 41.6. The molecular formula is C54H53N5. The average Bonchev–Trinajstić information content (AvgIpc) is 3.65. The van der Waals surface area contributed by atoms with Crippen molar-refractivity contribution in [3.63, 3.8) is 0 Å². The van der Waals surface area contributed by atoms with Crippen LogP contribution in [0.5, 0.6) is 0 Å². The lowest BCUT2D eigenvalue weighted by Crippen LogP contribution is -2.20. The molecule has 0 saturated heterocycles. The smallest absolute Gasteiger partial charge is 0.163 e. The number of para-hydroxylation sites is 1. The molecule has 0 fully saturated rings. The van der Waals surface area contributed by atoms with Gasteiger partial charge in [0.05, 0.1) is 11.0 Å². The largest absolute Gasteiger partial charge is 0.314 e. The van der Waals surface area contributed by atoms with Gasteiger partial charge in [-0.2, -0.15) is 0 Å². The molecule has 0 atom stereocenters. The van der Waals surface area contributed by atoms with E-state index in [1.54, 1.807) is 12.2 Å². The van der Waals surface area contributed by atoms with E-state index in [4.69, 9.17) is 15.0 Å². The van der Waals surface area contributed by atoms with Crippen molar-refractivity contribution in [3.8, 4) is 22.8 Å². The van der Waals surface area contributed by atoms with Gasteiger partial charge >= 0.3 is 0 Å². The van der Waals surface area contributed by atoms with Crippen LogP contribution in [0.4, 0.5) is 5.69 Å². The van der Waals surface area contributed by atoms with Gasteiger partial charge in [-0.1, -0.05) is 167 Å². The van der Waals surface area contributed by atoms with Crippen molar-refractivity contribution in [3.05, 3.63) is 218 Å². The standard InChI is InChI=1S/C52H47N5.C2H6/c1-6-9-13-23-39(5)57-47-32-20-19-31-45(47)50-41(28-22-33-48(50)57)36-35-40-25-16-11-15-24-38(4)56(46(40)8-3)44-30-21-29-43(37-44)52-54-49(34-14-10-7-2)53-51(55-52)42-26-17-12-18-27-42;1-2/h6-15,17-24,26-33,35-37H,1-3,16,25,34H2,4-5H3;1-2H3/b13-9-,14-10-,15-11-,36-35-,38-24+,39-23+,46-40+;. The van der Waals surface area contributed by atoms with Gasteiger partial charge in [0.25, 0.3) is 0 Å². The van der Waals surface area contributed by atoms with E-state index in [0.717, 1.165) is 52.3 Å². The van der Waals surface area contributed by atoms with E-state index >= 15 is 0 Å². The van der Waals surface area contributed by atoms with Gasteiger partial charge in [0.1, 0.15) is 5.82 Å². The average molecular weight is 772 g/mol. The summed E-state index contributed by atoms with van der Waals surface area (Å²) >= 11 is 0. The highest BCUT2D eigenvalue weighted by atomic mass is 15.2. The van der Waals surface area contributed by atoms with Crippen LogP contribution in [0, 0.1) is 0 Å². The monoisotopic (exact) mass is 771 g/mol. The number of hydrogen-bond donors (Lipinski definition) is 0. The molecule has 0 N–H and O–H groups in total. The van der Waals surface area contributed by atoms with E-state index in [0.29, 0.717) is 23.9 Å². The van der Waals surface area contributed by atoms with Crippen molar-refractivity contribution in [2.75, 3.05) is 4.90 Å². The van der Waals surface area contributed by atoms with Gasteiger partial charge in [0.2, 0.25) is 0 Å². The van der Waals surface area contributed by atoms with Crippen LogP contribution in [0.2, 0.25) is 0 Å². The zero-order valence-electron chi connectivity index (χ0n) is 34.7. The van der Waals surface area contributed by atoms with E-state index in [2.05, 4.69) is 146 Å². The number of allylic oxidation sites excluding steroid dienone is 15. The molecule has 6 aromatic rings. The molecule has 0 saturated carbocycles. The van der Waals surface area contributed by atoms with Gasteiger partial charge in [-0.05, 0) is 80.3 Å². The zero-order valence-corrected chi connectivity index (χ0v) is 34.7. The Balaban J connectivity index is 0.00000288. The quantitative estimate of drug-likeness (QED) is 0.116. The first-order valence-electron chi connectivity index (χ1n) is 20.3. The van der Waals surface area contributed by atoms with Gasteiger partial charge in [-0.25, -0.2) is 15.0 Å². The molecule has 1 aliphatic rings. The topological polar surface area (TPSA) is 46.8 Å². The number of hydrogen-bond acceptors (Lipinski definition) is 4. The maximum Gasteiger partial charge on any atom is 0.163 e. The summed E-state index contributed by atoms with van der Waals surface area (Å²) in [6.07, 6.45) is 29.0. The summed E-state index contributed by atoms with van der Waals surface area (Å²) in [5, 5.41) is 2.44. The Labute approximate surface area is 350 Å². The minimum absolute atomic E-state index is 0.567. The Kier molecular flexibility index (Phi) is 14.3. The van der Waals surface area contributed by atoms with Gasteiger partial charge in [-0.3, -0.25) is 0 Å². The van der Waals surface area contributed by atoms with Crippen LogP contribution in [0.25, 0.3) is 56.4 Å². The van der Waals surface area contributed by atoms with Crippen LogP contribution in [-0.2, 0) is 6.42 Å². The molecule has 7 rings (SSSR count). The van der Waals surface area contributed by atoms with Crippen LogP contribution in [0.1, 0.15) is 51.9 Å². The molecule has 3 heterocycles. The second-order valence-corrected chi connectivity index (χ2v) is 13.8. The van der Waals surface area contributed by atoms with Crippen molar-refractivity contribution < 1.29 is 0 Å². The van der Waals surface area contributed by atoms with Gasteiger partial charge in [0, 0.05) is 51.1 Å². The summed E-state index contributed by atoms with van der Waals surface area (Å²) in [4.78, 5) is 17.0. The van der Waals surface area contributed by atoms with Crippen molar-refractivity contribution in [1.29, 1.82) is 0 Å².